The minimum Gasteiger partial charge on any atom is -0.480 e. The van der Waals surface area contributed by atoms with Crippen molar-refractivity contribution in [3.8, 4) is 17.3 Å². The summed E-state index contributed by atoms with van der Waals surface area (Å²) in [6, 6.07) is 10.3. The molecule has 0 aliphatic carbocycles. The molecular formula is C20H21N5O2. The van der Waals surface area contributed by atoms with Gasteiger partial charge < -0.3 is 14.5 Å². The van der Waals surface area contributed by atoms with Crippen LogP contribution in [0.4, 0.5) is 11.7 Å². The fourth-order valence-electron chi connectivity index (χ4n) is 2.96. The summed E-state index contributed by atoms with van der Waals surface area (Å²) in [6.07, 6.45) is 2.35. The lowest BCUT2D eigenvalue weighted by Crippen LogP contribution is -2.10. The second kappa shape index (κ2) is 6.50. The number of anilines is 1. The number of methoxy groups -OCH3 is 1. The summed E-state index contributed by atoms with van der Waals surface area (Å²) in [5, 5.41) is 11.4. The Morgan fingerprint density at radius 3 is 2.59 bits per heavy atom. The minimum atomic E-state index is 0.101. The Morgan fingerprint density at radius 2 is 1.89 bits per heavy atom. The van der Waals surface area contributed by atoms with E-state index in [1.165, 1.54) is 5.56 Å². The molecule has 1 aromatic carbocycles. The molecule has 3 aromatic rings. The highest BCUT2D eigenvalue weighted by Crippen LogP contribution is 2.32. The van der Waals surface area contributed by atoms with Crippen LogP contribution in [0.25, 0.3) is 11.5 Å². The van der Waals surface area contributed by atoms with Crippen molar-refractivity contribution in [3.05, 3.63) is 47.7 Å². The van der Waals surface area contributed by atoms with Crippen molar-refractivity contribution in [3.63, 3.8) is 0 Å². The monoisotopic (exact) mass is 363 g/mol. The largest absolute Gasteiger partial charge is 0.480 e. The van der Waals surface area contributed by atoms with Gasteiger partial charge in [0.1, 0.15) is 11.5 Å². The van der Waals surface area contributed by atoms with Crippen molar-refractivity contribution in [1.29, 1.82) is 0 Å². The van der Waals surface area contributed by atoms with Crippen molar-refractivity contribution in [2.45, 2.75) is 32.6 Å². The van der Waals surface area contributed by atoms with Gasteiger partial charge in [-0.15, -0.1) is 5.10 Å². The molecule has 27 heavy (non-hydrogen) atoms. The number of hydrogen-bond acceptors (Lipinski definition) is 6. The van der Waals surface area contributed by atoms with Crippen molar-refractivity contribution < 1.29 is 9.15 Å². The number of hydrogen-bond donors (Lipinski definition) is 1. The van der Waals surface area contributed by atoms with Gasteiger partial charge >= 0.3 is 6.01 Å². The maximum absolute atomic E-state index is 5.72. The fraction of sp³-hybridized carbons (Fsp3) is 0.300. The van der Waals surface area contributed by atoms with Crippen LogP contribution in [0, 0.1) is 0 Å². The van der Waals surface area contributed by atoms with E-state index in [1.54, 1.807) is 13.3 Å². The quantitative estimate of drug-likeness (QED) is 0.753. The average molecular weight is 363 g/mol. The number of nitrogens with one attached hydrogen (secondary N) is 1. The summed E-state index contributed by atoms with van der Waals surface area (Å²) in [7, 11) is 1.59. The van der Waals surface area contributed by atoms with Crippen LogP contribution in [-0.2, 0) is 11.8 Å². The van der Waals surface area contributed by atoms with Crippen LogP contribution in [0.5, 0.6) is 5.88 Å². The maximum Gasteiger partial charge on any atom is 0.344 e. The van der Waals surface area contributed by atoms with E-state index < -0.39 is 0 Å². The number of aromatic nitrogens is 3. The molecule has 0 saturated heterocycles. The summed E-state index contributed by atoms with van der Waals surface area (Å²) in [5.74, 6) is 1.71. The van der Waals surface area contributed by atoms with Crippen LogP contribution >= 0.6 is 0 Å². The highest BCUT2D eigenvalue weighted by molar-refractivity contribution is 6.04. The molecule has 0 atom stereocenters. The number of pyridine rings is 1. The first-order valence-electron chi connectivity index (χ1n) is 8.75. The molecule has 0 amide bonds. The fourth-order valence-corrected chi connectivity index (χ4v) is 2.96. The minimum absolute atomic E-state index is 0.101. The number of fused-ring (bicyclic) bond motifs is 1. The Kier molecular flexibility index (Phi) is 4.14. The Hall–Kier alpha value is -3.22. The number of amidine groups is 1. The van der Waals surface area contributed by atoms with Crippen LogP contribution in [0.15, 0.2) is 45.9 Å². The van der Waals surface area contributed by atoms with Crippen LogP contribution in [0.3, 0.4) is 0 Å². The molecule has 1 aliphatic rings. The summed E-state index contributed by atoms with van der Waals surface area (Å²) >= 11 is 0. The molecule has 1 aliphatic heterocycles. The Balaban J connectivity index is 1.55. The van der Waals surface area contributed by atoms with Crippen molar-refractivity contribution in [2.24, 2.45) is 4.99 Å². The average Bonchev–Trinajstić information content (AvgIpc) is 3.27. The first-order chi connectivity index (χ1) is 12.9. The first kappa shape index (κ1) is 17.2. The number of benzene rings is 1. The third kappa shape index (κ3) is 3.40. The highest BCUT2D eigenvalue weighted by Gasteiger charge is 2.22. The molecule has 3 heterocycles. The molecule has 0 radical (unpaired) electrons. The van der Waals surface area contributed by atoms with Gasteiger partial charge in [-0.05, 0) is 34.7 Å². The summed E-state index contributed by atoms with van der Waals surface area (Å²) in [5.41, 5.74) is 4.12. The van der Waals surface area contributed by atoms with Gasteiger partial charge in [0.15, 0.2) is 0 Å². The van der Waals surface area contributed by atoms with Gasteiger partial charge in [-0.2, -0.15) is 4.99 Å². The Bertz CT molecular complexity index is 1000. The van der Waals surface area contributed by atoms with Gasteiger partial charge in [0.05, 0.1) is 7.11 Å². The Morgan fingerprint density at radius 1 is 1.11 bits per heavy atom. The third-order valence-corrected chi connectivity index (χ3v) is 4.47. The van der Waals surface area contributed by atoms with E-state index in [9.17, 15) is 0 Å². The summed E-state index contributed by atoms with van der Waals surface area (Å²) in [4.78, 5) is 8.62. The van der Waals surface area contributed by atoms with Gasteiger partial charge in [0.2, 0.25) is 11.8 Å². The molecule has 0 spiro atoms. The zero-order valence-corrected chi connectivity index (χ0v) is 15.8. The molecule has 0 fully saturated rings. The molecule has 0 bridgehead atoms. The lowest BCUT2D eigenvalue weighted by molar-refractivity contribution is 0.400. The van der Waals surface area contributed by atoms with E-state index in [4.69, 9.17) is 9.15 Å². The van der Waals surface area contributed by atoms with E-state index in [0.717, 1.165) is 22.6 Å². The molecule has 2 aromatic heterocycles. The van der Waals surface area contributed by atoms with Crippen molar-refractivity contribution in [1.82, 2.24) is 15.2 Å². The predicted molar refractivity (Wildman–Crippen MR) is 104 cm³/mol. The van der Waals surface area contributed by atoms with E-state index in [2.05, 4.69) is 58.4 Å². The van der Waals surface area contributed by atoms with Gasteiger partial charge in [-0.1, -0.05) is 38.0 Å². The number of aliphatic imine (C=N–C) groups is 1. The maximum atomic E-state index is 5.72. The predicted octanol–water partition coefficient (Wildman–Crippen LogP) is 4.14. The summed E-state index contributed by atoms with van der Waals surface area (Å²) < 4.78 is 11.0. The van der Waals surface area contributed by atoms with Crippen molar-refractivity contribution in [2.75, 3.05) is 12.4 Å². The number of nitrogens with zero attached hydrogens (tertiary/aromatic N) is 4. The molecule has 4 rings (SSSR count). The first-order valence-corrected chi connectivity index (χ1v) is 8.75. The summed E-state index contributed by atoms with van der Waals surface area (Å²) in [6.45, 7) is 6.54. The van der Waals surface area contributed by atoms with Gasteiger partial charge in [0.25, 0.3) is 0 Å². The molecule has 0 saturated carbocycles. The van der Waals surface area contributed by atoms with Gasteiger partial charge in [-0.3, -0.25) is 0 Å². The smallest absolute Gasteiger partial charge is 0.344 e. The highest BCUT2D eigenvalue weighted by atomic mass is 16.5. The van der Waals surface area contributed by atoms with E-state index in [1.807, 2.05) is 18.2 Å². The number of rotatable bonds is 3. The van der Waals surface area contributed by atoms with Crippen LogP contribution < -0.4 is 10.1 Å². The molecule has 138 valence electrons. The third-order valence-electron chi connectivity index (χ3n) is 4.47. The van der Waals surface area contributed by atoms with E-state index >= 15 is 0 Å². The molecule has 7 nitrogen and oxygen atoms in total. The molecular weight excluding hydrogens is 342 g/mol. The zero-order valence-electron chi connectivity index (χ0n) is 15.8. The van der Waals surface area contributed by atoms with Gasteiger partial charge in [0, 0.05) is 18.2 Å². The lowest BCUT2D eigenvalue weighted by atomic mass is 9.87. The molecule has 0 unspecified atom stereocenters. The van der Waals surface area contributed by atoms with Crippen LogP contribution in [-0.4, -0.2) is 28.1 Å². The zero-order chi connectivity index (χ0) is 19.0. The number of ether oxygens (including phenoxy) is 1. The second-order valence-electron chi connectivity index (χ2n) is 7.43. The SMILES string of the molecule is COc1nccc2c1NC(=Nc1nnc(-c3ccc(C(C)(C)C)cc3)o1)C2. The normalized spacial score (nSPS) is 14.9. The lowest BCUT2D eigenvalue weighted by Gasteiger charge is -2.18. The molecule has 7 heteroatoms. The Labute approximate surface area is 157 Å². The standard InChI is InChI=1S/C20H21N5O2/c1-20(2,3)14-7-5-12(6-8-14)17-24-25-19(27-17)23-15-11-13-9-10-21-18(26-4)16(13)22-15/h5-10H,11H2,1-4H3,(H,22,23,25). The molecule has 1 N–H and O–H groups in total. The van der Waals surface area contributed by atoms with Crippen LogP contribution in [0.2, 0.25) is 0 Å². The topological polar surface area (TPSA) is 85.4 Å². The van der Waals surface area contributed by atoms with Crippen LogP contribution in [0.1, 0.15) is 31.9 Å². The van der Waals surface area contributed by atoms with Crippen molar-refractivity contribution >= 4 is 17.5 Å². The van der Waals surface area contributed by atoms with Gasteiger partial charge in [-0.25, -0.2) is 4.98 Å². The van der Waals surface area contributed by atoms with E-state index in [-0.39, 0.29) is 11.4 Å². The second-order valence-corrected chi connectivity index (χ2v) is 7.43. The van der Waals surface area contributed by atoms with E-state index in [0.29, 0.717) is 18.2 Å².